The number of hydrogen-bond acceptors (Lipinski definition) is 6. The molecular weight excluding hydrogens is 374 g/mol. The molecule has 162 valence electrons. The molecule has 0 saturated carbocycles. The van der Waals surface area contributed by atoms with Crippen LogP contribution in [-0.4, -0.2) is 74.8 Å². The molecule has 0 radical (unpaired) electrons. The molecule has 1 N–H and O–H groups in total. The number of hydrogen-bond donors (Lipinski definition) is 1. The SMILES string of the molecule is CCOC(=O)N1CCC(NC(=O)CN(C)Cc2ccc(OCC)c(OC)c2)CC1. The van der Waals surface area contributed by atoms with Crippen molar-refractivity contribution in [2.75, 3.05) is 47.0 Å². The quantitative estimate of drug-likeness (QED) is 0.676. The van der Waals surface area contributed by atoms with E-state index in [1.165, 1.54) is 0 Å². The minimum atomic E-state index is -0.275. The summed E-state index contributed by atoms with van der Waals surface area (Å²) in [5, 5.41) is 3.07. The van der Waals surface area contributed by atoms with Crippen molar-refractivity contribution in [1.29, 1.82) is 0 Å². The molecule has 1 aromatic carbocycles. The average Bonchev–Trinajstić information content (AvgIpc) is 2.69. The second-order valence-corrected chi connectivity index (χ2v) is 7.12. The van der Waals surface area contributed by atoms with Gasteiger partial charge >= 0.3 is 6.09 Å². The molecule has 0 bridgehead atoms. The molecule has 0 unspecified atom stereocenters. The largest absolute Gasteiger partial charge is 0.493 e. The van der Waals surface area contributed by atoms with Gasteiger partial charge in [0.1, 0.15) is 0 Å². The Morgan fingerprint density at radius 1 is 1.17 bits per heavy atom. The number of likely N-dealkylation sites (N-methyl/N-ethyl adjacent to an activating group) is 1. The van der Waals surface area contributed by atoms with E-state index >= 15 is 0 Å². The van der Waals surface area contributed by atoms with Gasteiger partial charge in [0.25, 0.3) is 0 Å². The number of amides is 2. The number of piperidine rings is 1. The van der Waals surface area contributed by atoms with Crippen LogP contribution in [0.25, 0.3) is 0 Å². The Hall–Kier alpha value is -2.48. The third-order valence-electron chi connectivity index (χ3n) is 4.78. The van der Waals surface area contributed by atoms with E-state index < -0.39 is 0 Å². The fourth-order valence-corrected chi connectivity index (χ4v) is 3.39. The number of benzene rings is 1. The van der Waals surface area contributed by atoms with E-state index in [1.54, 1.807) is 18.9 Å². The van der Waals surface area contributed by atoms with Crippen molar-refractivity contribution in [3.05, 3.63) is 23.8 Å². The van der Waals surface area contributed by atoms with Gasteiger partial charge in [-0.25, -0.2) is 4.79 Å². The highest BCUT2D eigenvalue weighted by atomic mass is 16.6. The molecule has 1 saturated heterocycles. The normalized spacial score (nSPS) is 14.6. The molecule has 8 heteroatoms. The van der Waals surface area contributed by atoms with Crippen LogP contribution in [0.1, 0.15) is 32.3 Å². The first-order valence-corrected chi connectivity index (χ1v) is 10.2. The first-order chi connectivity index (χ1) is 14.0. The van der Waals surface area contributed by atoms with Crippen molar-refractivity contribution < 1.29 is 23.8 Å². The van der Waals surface area contributed by atoms with Crippen LogP contribution in [0.4, 0.5) is 4.79 Å². The molecule has 1 fully saturated rings. The molecule has 1 aliphatic heterocycles. The molecular formula is C21H33N3O5. The molecule has 8 nitrogen and oxygen atoms in total. The van der Waals surface area contributed by atoms with Crippen LogP contribution >= 0.6 is 0 Å². The van der Waals surface area contributed by atoms with E-state index in [0.29, 0.717) is 50.9 Å². The molecule has 1 aliphatic rings. The van der Waals surface area contributed by atoms with Gasteiger partial charge in [0.2, 0.25) is 5.91 Å². The number of nitrogens with zero attached hydrogens (tertiary/aromatic N) is 2. The maximum Gasteiger partial charge on any atom is 0.409 e. The Labute approximate surface area is 173 Å². The summed E-state index contributed by atoms with van der Waals surface area (Å²) in [5.41, 5.74) is 1.04. The van der Waals surface area contributed by atoms with E-state index in [1.807, 2.05) is 37.1 Å². The number of methoxy groups -OCH3 is 1. The summed E-state index contributed by atoms with van der Waals surface area (Å²) in [6, 6.07) is 5.90. The molecule has 2 amide bonds. The van der Waals surface area contributed by atoms with Crippen LogP contribution in [0, 0.1) is 0 Å². The van der Waals surface area contributed by atoms with E-state index in [-0.39, 0.29) is 18.0 Å². The molecule has 1 aromatic rings. The first kappa shape index (κ1) is 22.8. The molecule has 0 spiro atoms. The number of rotatable bonds is 9. The van der Waals surface area contributed by atoms with E-state index in [9.17, 15) is 9.59 Å². The molecule has 2 rings (SSSR count). The minimum Gasteiger partial charge on any atom is -0.493 e. The van der Waals surface area contributed by atoms with Gasteiger partial charge in [0.15, 0.2) is 11.5 Å². The minimum absolute atomic E-state index is 0.0139. The summed E-state index contributed by atoms with van der Waals surface area (Å²) in [4.78, 5) is 27.8. The maximum atomic E-state index is 12.4. The van der Waals surface area contributed by atoms with Gasteiger partial charge < -0.3 is 24.4 Å². The fraction of sp³-hybridized carbons (Fsp3) is 0.619. The maximum absolute atomic E-state index is 12.4. The summed E-state index contributed by atoms with van der Waals surface area (Å²) in [5.74, 6) is 1.39. The molecule has 0 aliphatic carbocycles. The molecule has 29 heavy (non-hydrogen) atoms. The highest BCUT2D eigenvalue weighted by Crippen LogP contribution is 2.28. The number of nitrogens with one attached hydrogen (secondary N) is 1. The van der Waals surface area contributed by atoms with Gasteiger partial charge in [0, 0.05) is 25.7 Å². The number of carbonyl (C=O) groups excluding carboxylic acids is 2. The monoisotopic (exact) mass is 407 g/mol. The second kappa shape index (κ2) is 11.5. The van der Waals surface area contributed by atoms with Crippen LogP contribution in [0.5, 0.6) is 11.5 Å². The van der Waals surface area contributed by atoms with Crippen molar-refractivity contribution in [3.63, 3.8) is 0 Å². The third kappa shape index (κ3) is 7.12. The Morgan fingerprint density at radius 2 is 1.90 bits per heavy atom. The Balaban J connectivity index is 1.77. The second-order valence-electron chi connectivity index (χ2n) is 7.12. The smallest absolute Gasteiger partial charge is 0.409 e. The summed E-state index contributed by atoms with van der Waals surface area (Å²) in [6.45, 7) is 6.81. The van der Waals surface area contributed by atoms with Crippen molar-refractivity contribution in [3.8, 4) is 11.5 Å². The summed E-state index contributed by atoms with van der Waals surface area (Å²) < 4.78 is 15.9. The van der Waals surface area contributed by atoms with Gasteiger partial charge in [-0.1, -0.05) is 6.07 Å². The lowest BCUT2D eigenvalue weighted by Gasteiger charge is -2.32. The summed E-state index contributed by atoms with van der Waals surface area (Å²) in [6.07, 6.45) is 1.21. The van der Waals surface area contributed by atoms with E-state index in [0.717, 1.165) is 18.4 Å². The van der Waals surface area contributed by atoms with Crippen LogP contribution in [0.2, 0.25) is 0 Å². The van der Waals surface area contributed by atoms with Crippen molar-refractivity contribution >= 4 is 12.0 Å². The Bertz CT molecular complexity index is 674. The predicted octanol–water partition coefficient (Wildman–Crippen LogP) is 2.26. The molecule has 1 heterocycles. The van der Waals surface area contributed by atoms with E-state index in [4.69, 9.17) is 14.2 Å². The van der Waals surface area contributed by atoms with Gasteiger partial charge in [-0.2, -0.15) is 0 Å². The molecule has 0 atom stereocenters. The Kier molecular flexibility index (Phi) is 9.05. The van der Waals surface area contributed by atoms with Crippen LogP contribution in [0.15, 0.2) is 18.2 Å². The highest BCUT2D eigenvalue weighted by molar-refractivity contribution is 5.78. The van der Waals surface area contributed by atoms with Crippen LogP contribution in [-0.2, 0) is 16.1 Å². The van der Waals surface area contributed by atoms with Gasteiger partial charge in [-0.15, -0.1) is 0 Å². The van der Waals surface area contributed by atoms with Gasteiger partial charge in [0.05, 0.1) is 26.9 Å². The number of carbonyl (C=O) groups is 2. The van der Waals surface area contributed by atoms with Crippen LogP contribution in [0.3, 0.4) is 0 Å². The lowest BCUT2D eigenvalue weighted by atomic mass is 10.1. The zero-order valence-corrected chi connectivity index (χ0v) is 17.9. The average molecular weight is 408 g/mol. The van der Waals surface area contributed by atoms with E-state index in [2.05, 4.69) is 5.32 Å². The van der Waals surface area contributed by atoms with Crippen LogP contribution < -0.4 is 14.8 Å². The zero-order chi connectivity index (χ0) is 21.2. The topological polar surface area (TPSA) is 80.3 Å². The fourth-order valence-electron chi connectivity index (χ4n) is 3.39. The first-order valence-electron chi connectivity index (χ1n) is 10.2. The van der Waals surface area contributed by atoms with Gasteiger partial charge in [-0.05, 0) is 51.4 Å². The van der Waals surface area contributed by atoms with Crippen molar-refractivity contribution in [1.82, 2.24) is 15.1 Å². The molecule has 0 aromatic heterocycles. The van der Waals surface area contributed by atoms with Crippen molar-refractivity contribution in [2.45, 2.75) is 39.3 Å². The summed E-state index contributed by atoms with van der Waals surface area (Å²) in [7, 11) is 3.53. The number of ether oxygens (including phenoxy) is 3. The lowest BCUT2D eigenvalue weighted by molar-refractivity contribution is -0.123. The lowest BCUT2D eigenvalue weighted by Crippen LogP contribution is -2.48. The van der Waals surface area contributed by atoms with Gasteiger partial charge in [-0.3, -0.25) is 9.69 Å². The van der Waals surface area contributed by atoms with Crippen molar-refractivity contribution in [2.24, 2.45) is 0 Å². The highest BCUT2D eigenvalue weighted by Gasteiger charge is 2.24. The predicted molar refractivity (Wildman–Crippen MR) is 110 cm³/mol. The third-order valence-corrected chi connectivity index (χ3v) is 4.78. The Morgan fingerprint density at radius 3 is 2.52 bits per heavy atom. The summed E-state index contributed by atoms with van der Waals surface area (Å²) >= 11 is 0. The standard InChI is InChI=1S/C21H33N3O5/c1-5-28-18-8-7-16(13-19(18)27-4)14-23(3)15-20(25)22-17-9-11-24(12-10-17)21(26)29-6-2/h7-8,13,17H,5-6,9-12,14-15H2,1-4H3,(H,22,25). The number of likely N-dealkylation sites (tertiary alicyclic amines) is 1. The zero-order valence-electron chi connectivity index (χ0n) is 17.9.